The van der Waals surface area contributed by atoms with Crippen LogP contribution in [-0.4, -0.2) is 0 Å². The Labute approximate surface area is 161 Å². The molecule has 2 heterocycles. The van der Waals surface area contributed by atoms with Gasteiger partial charge in [-0.1, -0.05) is 59.7 Å². The van der Waals surface area contributed by atoms with E-state index in [1.807, 2.05) is 22.7 Å². The predicted octanol–water partition coefficient (Wildman–Crippen LogP) is 8.07. The van der Waals surface area contributed by atoms with Crippen molar-refractivity contribution in [1.29, 1.82) is 0 Å². The van der Waals surface area contributed by atoms with Crippen LogP contribution in [0.4, 0.5) is 0 Å². The number of thiophene rings is 2. The molecule has 5 aromatic rings. The second kappa shape index (κ2) is 6.08. The lowest BCUT2D eigenvalue weighted by molar-refractivity contribution is 1.50. The third-order valence-corrected chi connectivity index (χ3v) is 6.74. The van der Waals surface area contributed by atoms with Crippen LogP contribution in [0.25, 0.3) is 42.4 Å². The van der Waals surface area contributed by atoms with Crippen LogP contribution in [-0.2, 0) is 0 Å². The fraction of sp³-hybridized carbons (Fsp3) is 0.0833. The highest BCUT2D eigenvalue weighted by molar-refractivity contribution is 7.14. The molecule has 0 unspecified atom stereocenters. The highest BCUT2D eigenvalue weighted by Gasteiger charge is 2.18. The van der Waals surface area contributed by atoms with E-state index in [1.165, 1.54) is 53.6 Å². The Kier molecular flexibility index (Phi) is 3.70. The molecule has 0 aliphatic heterocycles. The van der Waals surface area contributed by atoms with E-state index in [4.69, 9.17) is 0 Å². The maximum absolute atomic E-state index is 2.35. The van der Waals surface area contributed by atoms with Gasteiger partial charge in [0.2, 0.25) is 0 Å². The van der Waals surface area contributed by atoms with Crippen LogP contribution in [0.2, 0.25) is 0 Å². The molecule has 0 amide bonds. The molecule has 0 N–H and O–H groups in total. The summed E-state index contributed by atoms with van der Waals surface area (Å²) in [5.74, 6) is 0. The van der Waals surface area contributed by atoms with Gasteiger partial charge in [0, 0.05) is 20.9 Å². The number of aryl methyl sites for hydroxylation is 2. The fourth-order valence-electron chi connectivity index (χ4n) is 3.82. The van der Waals surface area contributed by atoms with Crippen LogP contribution in [0.3, 0.4) is 0 Å². The summed E-state index contributed by atoms with van der Waals surface area (Å²) in [7, 11) is 0. The Morgan fingerprint density at radius 1 is 0.538 bits per heavy atom. The zero-order chi connectivity index (χ0) is 17.7. The van der Waals surface area contributed by atoms with Crippen LogP contribution >= 0.6 is 22.7 Å². The van der Waals surface area contributed by atoms with Crippen LogP contribution in [0.5, 0.6) is 0 Å². The normalized spacial score (nSPS) is 11.5. The van der Waals surface area contributed by atoms with Gasteiger partial charge in [0.05, 0.1) is 0 Å². The lowest BCUT2D eigenvalue weighted by Gasteiger charge is -2.17. The average molecular weight is 371 g/mol. The van der Waals surface area contributed by atoms with Gasteiger partial charge in [-0.15, -0.1) is 22.7 Å². The smallest absolute Gasteiger partial charge is 0.0355 e. The summed E-state index contributed by atoms with van der Waals surface area (Å²) in [5.41, 5.74) is 5.36. The van der Waals surface area contributed by atoms with Crippen molar-refractivity contribution in [3.05, 3.63) is 82.6 Å². The van der Waals surface area contributed by atoms with Crippen molar-refractivity contribution in [3.63, 3.8) is 0 Å². The summed E-state index contributed by atoms with van der Waals surface area (Å²) < 4.78 is 0. The van der Waals surface area contributed by atoms with E-state index in [0.717, 1.165) is 0 Å². The number of benzene rings is 3. The third kappa shape index (κ3) is 2.41. The van der Waals surface area contributed by atoms with Gasteiger partial charge in [0.15, 0.2) is 0 Å². The van der Waals surface area contributed by atoms with Crippen molar-refractivity contribution in [1.82, 2.24) is 0 Å². The molecule has 0 aliphatic rings. The maximum atomic E-state index is 2.35. The van der Waals surface area contributed by atoms with Crippen molar-refractivity contribution in [3.8, 4) is 20.9 Å². The second-order valence-electron chi connectivity index (χ2n) is 6.80. The van der Waals surface area contributed by atoms with E-state index < -0.39 is 0 Å². The van der Waals surface area contributed by atoms with E-state index in [1.54, 1.807) is 0 Å². The Morgan fingerprint density at radius 2 is 1.00 bits per heavy atom. The largest absolute Gasteiger partial charge is 0.144 e. The summed E-state index contributed by atoms with van der Waals surface area (Å²) in [4.78, 5) is 2.68. The maximum Gasteiger partial charge on any atom is 0.0355 e. The molecule has 2 heteroatoms. The van der Waals surface area contributed by atoms with Crippen LogP contribution in [0, 0.1) is 13.8 Å². The van der Waals surface area contributed by atoms with Crippen molar-refractivity contribution in [2.24, 2.45) is 0 Å². The molecule has 0 nitrogen and oxygen atoms in total. The number of fused-ring (bicyclic) bond motifs is 3. The Balaban J connectivity index is 2.09. The first-order valence-electron chi connectivity index (χ1n) is 8.77. The summed E-state index contributed by atoms with van der Waals surface area (Å²) in [5, 5.41) is 9.74. The van der Waals surface area contributed by atoms with Crippen LogP contribution in [0.1, 0.15) is 11.1 Å². The summed E-state index contributed by atoms with van der Waals surface area (Å²) >= 11 is 3.65. The molecule has 0 fully saturated rings. The van der Waals surface area contributed by atoms with Gasteiger partial charge in [-0.2, -0.15) is 0 Å². The second-order valence-corrected chi connectivity index (χ2v) is 8.70. The van der Waals surface area contributed by atoms with Crippen LogP contribution < -0.4 is 0 Å². The topological polar surface area (TPSA) is 0 Å². The highest BCUT2D eigenvalue weighted by atomic mass is 32.1. The number of hydrogen-bond acceptors (Lipinski definition) is 2. The van der Waals surface area contributed by atoms with E-state index in [9.17, 15) is 0 Å². The summed E-state index contributed by atoms with van der Waals surface area (Å²) in [6, 6.07) is 22.5. The zero-order valence-electron chi connectivity index (χ0n) is 14.7. The van der Waals surface area contributed by atoms with Gasteiger partial charge in [0.1, 0.15) is 0 Å². The predicted molar refractivity (Wildman–Crippen MR) is 118 cm³/mol. The molecule has 0 aliphatic carbocycles. The molecular formula is C24H18S2. The number of hydrogen-bond donors (Lipinski definition) is 0. The first kappa shape index (κ1) is 15.8. The lowest BCUT2D eigenvalue weighted by Crippen LogP contribution is -1.90. The summed E-state index contributed by atoms with van der Waals surface area (Å²) in [6.07, 6.45) is 0. The molecule has 126 valence electrons. The quantitative estimate of drug-likeness (QED) is 0.276. The minimum atomic E-state index is 1.30. The fourth-order valence-corrected chi connectivity index (χ4v) is 5.40. The Bertz CT molecular complexity index is 1130. The van der Waals surface area contributed by atoms with Gasteiger partial charge in [-0.3, -0.25) is 0 Å². The van der Waals surface area contributed by atoms with Crippen molar-refractivity contribution in [2.45, 2.75) is 13.8 Å². The van der Waals surface area contributed by atoms with Crippen molar-refractivity contribution >= 4 is 44.2 Å². The third-order valence-electron chi connectivity index (χ3n) is 4.96. The van der Waals surface area contributed by atoms with Gasteiger partial charge >= 0.3 is 0 Å². The molecule has 0 bridgehead atoms. The molecule has 2 aromatic heterocycles. The summed E-state index contributed by atoms with van der Waals surface area (Å²) in [6.45, 7) is 4.36. The molecule has 0 atom stereocenters. The molecule has 3 aromatic carbocycles. The van der Waals surface area contributed by atoms with E-state index in [-0.39, 0.29) is 0 Å². The van der Waals surface area contributed by atoms with Crippen molar-refractivity contribution in [2.75, 3.05) is 0 Å². The monoisotopic (exact) mass is 370 g/mol. The Hall–Kier alpha value is -2.42. The minimum absolute atomic E-state index is 1.30. The standard InChI is InChI=1S/C24H18S2/c1-15-7-9-17-18-10-8-16(2)14-20(18)24(22-6-4-12-26-22)23(19(17)13-15)21-5-3-11-25-21/h3-14H,1-2H3. The van der Waals surface area contributed by atoms with Gasteiger partial charge in [-0.25, -0.2) is 0 Å². The SMILES string of the molecule is Cc1ccc2c(c1)c(-c1cccs1)c(-c1cccs1)c1cc(C)ccc12. The van der Waals surface area contributed by atoms with E-state index in [2.05, 4.69) is 85.3 Å². The minimum Gasteiger partial charge on any atom is -0.144 e. The average Bonchev–Trinajstić information content (AvgIpc) is 3.34. The Morgan fingerprint density at radius 3 is 1.38 bits per heavy atom. The highest BCUT2D eigenvalue weighted by Crippen LogP contribution is 2.47. The lowest BCUT2D eigenvalue weighted by atomic mass is 9.88. The zero-order valence-corrected chi connectivity index (χ0v) is 16.4. The van der Waals surface area contributed by atoms with Gasteiger partial charge < -0.3 is 0 Å². The molecule has 0 saturated heterocycles. The molecular weight excluding hydrogens is 352 g/mol. The van der Waals surface area contributed by atoms with Gasteiger partial charge in [-0.05, 0) is 58.3 Å². The molecule has 0 saturated carbocycles. The molecule has 0 spiro atoms. The first-order valence-corrected chi connectivity index (χ1v) is 10.5. The number of rotatable bonds is 2. The molecule has 5 rings (SSSR count). The molecule has 26 heavy (non-hydrogen) atoms. The van der Waals surface area contributed by atoms with Crippen LogP contribution in [0.15, 0.2) is 71.4 Å². The first-order chi connectivity index (χ1) is 12.7. The van der Waals surface area contributed by atoms with E-state index >= 15 is 0 Å². The van der Waals surface area contributed by atoms with E-state index in [0.29, 0.717) is 0 Å². The van der Waals surface area contributed by atoms with Gasteiger partial charge in [0.25, 0.3) is 0 Å². The van der Waals surface area contributed by atoms with Crippen molar-refractivity contribution < 1.29 is 0 Å². The molecule has 0 radical (unpaired) electrons.